The number of aromatic nitrogens is 3. The van der Waals surface area contributed by atoms with Crippen molar-refractivity contribution in [3.05, 3.63) is 46.3 Å². The number of amides is 1. The first-order valence-corrected chi connectivity index (χ1v) is 11.5. The molecule has 3 aromatic rings. The second kappa shape index (κ2) is 8.18. The number of hydrogen-bond acceptors (Lipinski definition) is 9. The number of nitrogens with one attached hydrogen (secondary N) is 2. The highest BCUT2D eigenvalue weighted by atomic mass is 32.1. The van der Waals surface area contributed by atoms with Gasteiger partial charge >= 0.3 is 6.01 Å². The Morgan fingerprint density at radius 3 is 3.03 bits per heavy atom. The fourth-order valence-electron chi connectivity index (χ4n) is 4.18. The number of carbonyl (C=O) groups excluding carboxylic acids is 1. The predicted octanol–water partition coefficient (Wildman–Crippen LogP) is 3.09. The van der Waals surface area contributed by atoms with Crippen LogP contribution in [-0.2, 0) is 17.6 Å². The molecule has 2 aromatic heterocycles. The molecule has 2 N–H and O–H groups in total. The average molecular weight is 455 g/mol. The molecular weight excluding hydrogens is 428 g/mol. The van der Waals surface area contributed by atoms with Gasteiger partial charge in [-0.1, -0.05) is 28.6 Å². The molecule has 1 fully saturated rings. The Bertz CT molecular complexity index is 1140. The fraction of sp³-hybridized carbons (Fsp3) is 0.455. The molecule has 0 spiro atoms. The highest BCUT2D eigenvalue weighted by Crippen LogP contribution is 2.34. The maximum absolute atomic E-state index is 12.6. The van der Waals surface area contributed by atoms with E-state index in [-0.39, 0.29) is 17.5 Å². The smallest absolute Gasteiger partial charge is 0.320 e. The maximum Gasteiger partial charge on any atom is 0.320 e. The topological polar surface area (TPSA) is 105 Å². The summed E-state index contributed by atoms with van der Waals surface area (Å²) in [6, 6.07) is 8.65. The summed E-state index contributed by atoms with van der Waals surface area (Å²) in [5.41, 5.74) is 2.67. The summed E-state index contributed by atoms with van der Waals surface area (Å²) in [5.74, 6) is 0.488. The largest absolute Gasteiger partial charge is 0.408 e. The Hall–Kier alpha value is -2.98. The van der Waals surface area contributed by atoms with Crippen molar-refractivity contribution < 1.29 is 13.9 Å². The number of fused-ring (bicyclic) bond motifs is 1. The number of ether oxygens (including phenoxy) is 1. The van der Waals surface area contributed by atoms with Crippen molar-refractivity contribution >= 4 is 34.1 Å². The minimum absolute atomic E-state index is 0.0279. The van der Waals surface area contributed by atoms with E-state index in [0.29, 0.717) is 25.1 Å². The zero-order valence-corrected chi connectivity index (χ0v) is 19.2. The van der Waals surface area contributed by atoms with Crippen LogP contribution in [0.1, 0.15) is 40.7 Å². The van der Waals surface area contributed by atoms with Crippen LogP contribution in [0.2, 0.25) is 0 Å². The number of hydrogen-bond donors (Lipinski definition) is 2. The van der Waals surface area contributed by atoms with E-state index in [9.17, 15) is 4.79 Å². The maximum atomic E-state index is 12.6. The van der Waals surface area contributed by atoms with Crippen molar-refractivity contribution in [3.63, 3.8) is 0 Å². The van der Waals surface area contributed by atoms with E-state index in [2.05, 4.69) is 37.9 Å². The number of nitrogens with zero attached hydrogens (tertiary/aromatic N) is 4. The SMILES string of the molecule is Cc1nnc(Nc2cccc(CC3COCCN3c3nc4c(s3)C(=O)NC(C)(C)C4)c2)o1. The standard InChI is InChI=1S/C22H26N6O3S/c1-13-26-27-20(31-13)23-15-6-4-5-14(9-15)10-16-12-30-8-7-28(16)21-24-17-11-22(2,3)25-19(29)18(17)32-21/h4-6,9,16H,7-8,10-12H2,1-3H3,(H,23,27)(H,25,29). The summed E-state index contributed by atoms with van der Waals surface area (Å²) >= 11 is 1.48. The highest BCUT2D eigenvalue weighted by molar-refractivity contribution is 7.17. The Morgan fingerprint density at radius 1 is 1.34 bits per heavy atom. The van der Waals surface area contributed by atoms with Crippen molar-refractivity contribution in [1.29, 1.82) is 0 Å². The Balaban J connectivity index is 1.35. The second-order valence-corrected chi connectivity index (χ2v) is 9.84. The van der Waals surface area contributed by atoms with Gasteiger partial charge in [0.05, 0.1) is 24.9 Å². The zero-order chi connectivity index (χ0) is 22.3. The molecule has 1 amide bonds. The van der Waals surface area contributed by atoms with Gasteiger partial charge in [0.1, 0.15) is 4.88 Å². The van der Waals surface area contributed by atoms with Crippen LogP contribution < -0.4 is 15.5 Å². The van der Waals surface area contributed by atoms with E-state index in [0.717, 1.165) is 46.3 Å². The van der Waals surface area contributed by atoms with Gasteiger partial charge in [-0.2, -0.15) is 0 Å². The fourth-order valence-corrected chi connectivity index (χ4v) is 5.26. The molecule has 0 radical (unpaired) electrons. The van der Waals surface area contributed by atoms with Gasteiger partial charge in [0, 0.05) is 31.1 Å². The zero-order valence-electron chi connectivity index (χ0n) is 18.3. The molecule has 2 aliphatic heterocycles. The van der Waals surface area contributed by atoms with Crippen molar-refractivity contribution in [2.24, 2.45) is 0 Å². The molecule has 0 bridgehead atoms. The van der Waals surface area contributed by atoms with Crippen LogP contribution in [-0.4, -0.2) is 52.4 Å². The van der Waals surface area contributed by atoms with Crippen LogP contribution in [0.4, 0.5) is 16.8 Å². The average Bonchev–Trinajstić information content (AvgIpc) is 3.34. The van der Waals surface area contributed by atoms with Crippen molar-refractivity contribution in [1.82, 2.24) is 20.5 Å². The lowest BCUT2D eigenvalue weighted by molar-refractivity contribution is 0.0900. The third-order valence-electron chi connectivity index (χ3n) is 5.60. The van der Waals surface area contributed by atoms with Gasteiger partial charge in [0.15, 0.2) is 5.13 Å². The summed E-state index contributed by atoms with van der Waals surface area (Å²) in [4.78, 5) is 20.4. The molecule has 1 saturated heterocycles. The first kappa shape index (κ1) is 20.9. The minimum Gasteiger partial charge on any atom is -0.408 e. The molecule has 10 heteroatoms. The van der Waals surface area contributed by atoms with E-state index in [4.69, 9.17) is 14.1 Å². The molecule has 1 aromatic carbocycles. The van der Waals surface area contributed by atoms with Crippen LogP contribution in [0.3, 0.4) is 0 Å². The molecule has 4 heterocycles. The van der Waals surface area contributed by atoms with Crippen LogP contribution in [0.25, 0.3) is 0 Å². The summed E-state index contributed by atoms with van der Waals surface area (Å²) in [7, 11) is 0. The van der Waals surface area contributed by atoms with Gasteiger partial charge in [-0.15, -0.1) is 5.10 Å². The van der Waals surface area contributed by atoms with Gasteiger partial charge < -0.3 is 24.7 Å². The molecular formula is C22H26N6O3S. The summed E-state index contributed by atoms with van der Waals surface area (Å²) < 4.78 is 11.2. The molecule has 2 aliphatic rings. The normalized spacial score (nSPS) is 20.0. The molecule has 1 atom stereocenters. The van der Waals surface area contributed by atoms with E-state index in [1.54, 1.807) is 6.92 Å². The van der Waals surface area contributed by atoms with E-state index in [1.165, 1.54) is 11.3 Å². The molecule has 168 valence electrons. The van der Waals surface area contributed by atoms with Gasteiger partial charge in [-0.05, 0) is 38.0 Å². The number of morpholine rings is 1. The van der Waals surface area contributed by atoms with Gasteiger partial charge in [-0.25, -0.2) is 4.98 Å². The van der Waals surface area contributed by atoms with Crippen molar-refractivity contribution in [2.75, 3.05) is 30.0 Å². The van der Waals surface area contributed by atoms with Crippen LogP contribution in [0.15, 0.2) is 28.7 Å². The first-order valence-electron chi connectivity index (χ1n) is 10.7. The molecule has 0 saturated carbocycles. The number of rotatable bonds is 5. The monoisotopic (exact) mass is 454 g/mol. The summed E-state index contributed by atoms with van der Waals surface area (Å²) in [6.07, 6.45) is 1.53. The lowest BCUT2D eigenvalue weighted by atomic mass is 9.94. The van der Waals surface area contributed by atoms with Crippen molar-refractivity contribution in [2.45, 2.75) is 45.2 Å². The van der Waals surface area contributed by atoms with Gasteiger partial charge in [-0.3, -0.25) is 4.79 Å². The molecule has 1 unspecified atom stereocenters. The molecule has 5 rings (SSSR count). The van der Waals surface area contributed by atoms with E-state index >= 15 is 0 Å². The minimum atomic E-state index is -0.274. The third-order valence-corrected chi connectivity index (χ3v) is 6.74. The van der Waals surface area contributed by atoms with Gasteiger partial charge in [0.25, 0.3) is 5.91 Å². The number of thiazole rings is 1. The van der Waals surface area contributed by atoms with Crippen LogP contribution in [0.5, 0.6) is 0 Å². The Morgan fingerprint density at radius 2 is 2.22 bits per heavy atom. The summed E-state index contributed by atoms with van der Waals surface area (Å²) in [5, 5.41) is 15.0. The third kappa shape index (κ3) is 4.33. The Kier molecular flexibility index (Phi) is 5.34. The number of carbonyl (C=O) groups is 1. The number of benzene rings is 1. The lowest BCUT2D eigenvalue weighted by Gasteiger charge is -2.35. The quantitative estimate of drug-likeness (QED) is 0.606. The first-order chi connectivity index (χ1) is 15.4. The van der Waals surface area contributed by atoms with E-state index < -0.39 is 0 Å². The second-order valence-electron chi connectivity index (χ2n) is 8.86. The molecule has 0 aliphatic carbocycles. The van der Waals surface area contributed by atoms with Crippen LogP contribution >= 0.6 is 11.3 Å². The number of aryl methyl sites for hydroxylation is 1. The van der Waals surface area contributed by atoms with Gasteiger partial charge in [0.2, 0.25) is 5.89 Å². The van der Waals surface area contributed by atoms with Crippen LogP contribution in [0, 0.1) is 6.92 Å². The summed E-state index contributed by atoms with van der Waals surface area (Å²) in [6.45, 7) is 7.83. The number of anilines is 3. The molecule has 32 heavy (non-hydrogen) atoms. The highest BCUT2D eigenvalue weighted by Gasteiger charge is 2.35. The van der Waals surface area contributed by atoms with E-state index in [1.807, 2.05) is 26.0 Å². The van der Waals surface area contributed by atoms with Crippen molar-refractivity contribution in [3.8, 4) is 0 Å². The lowest BCUT2D eigenvalue weighted by Crippen LogP contribution is -2.48. The predicted molar refractivity (Wildman–Crippen MR) is 122 cm³/mol. The Labute approximate surface area is 190 Å². The molecule has 9 nitrogen and oxygen atoms in total.